The molecule has 3 amide bonds. The van der Waals surface area contributed by atoms with E-state index in [2.05, 4.69) is 31.4 Å². The van der Waals surface area contributed by atoms with Crippen LogP contribution in [0.1, 0.15) is 109 Å². The molecule has 0 saturated heterocycles. The van der Waals surface area contributed by atoms with E-state index in [9.17, 15) is 14.4 Å². The summed E-state index contributed by atoms with van der Waals surface area (Å²) in [5, 5.41) is 6.08. The van der Waals surface area contributed by atoms with E-state index in [0.29, 0.717) is 12.3 Å². The molecule has 0 bridgehead atoms. The number of nitrogens with one attached hydrogen (secondary N) is 2. The zero-order chi connectivity index (χ0) is 32.3. The van der Waals surface area contributed by atoms with Crippen LogP contribution in [-0.2, 0) is 20.7 Å². The molecule has 2 rings (SSSR count). The summed E-state index contributed by atoms with van der Waals surface area (Å²) in [5.74, 6) is -0.0906. The number of alkyl carbamates (subject to hydrolysis) is 1. The predicted octanol–water partition coefficient (Wildman–Crippen LogP) is 7.44. The molecule has 4 atom stereocenters. The molecule has 2 aromatic carbocycles. The predicted molar refractivity (Wildman–Crippen MR) is 175 cm³/mol. The molecule has 43 heavy (non-hydrogen) atoms. The second-order valence-corrected chi connectivity index (χ2v) is 13.4. The van der Waals surface area contributed by atoms with Gasteiger partial charge in [-0.15, -0.1) is 0 Å². The molecule has 7 nitrogen and oxygen atoms in total. The van der Waals surface area contributed by atoms with Gasteiger partial charge in [-0.1, -0.05) is 75.7 Å². The number of amides is 3. The first-order valence-corrected chi connectivity index (χ1v) is 15.9. The summed E-state index contributed by atoms with van der Waals surface area (Å²) in [6, 6.07) is 13.4. The van der Waals surface area contributed by atoms with Gasteiger partial charge in [0.1, 0.15) is 17.7 Å². The van der Waals surface area contributed by atoms with Gasteiger partial charge in [0.15, 0.2) is 0 Å². The van der Waals surface area contributed by atoms with Crippen LogP contribution in [0.4, 0.5) is 4.79 Å². The third-order valence-electron chi connectivity index (χ3n) is 7.62. The molecular weight excluding hydrogens is 538 g/mol. The highest BCUT2D eigenvalue weighted by Gasteiger charge is 2.40. The molecule has 0 saturated carbocycles. The molecular formula is C36H55N3O4. The Labute approximate surface area is 260 Å². The second-order valence-electron chi connectivity index (χ2n) is 13.4. The zero-order valence-corrected chi connectivity index (χ0v) is 28.1. The van der Waals surface area contributed by atoms with E-state index in [1.165, 1.54) is 0 Å². The number of benzene rings is 2. The lowest BCUT2D eigenvalue weighted by atomic mass is 9.91. The maximum Gasteiger partial charge on any atom is 0.408 e. The molecule has 2 aromatic rings. The van der Waals surface area contributed by atoms with Gasteiger partial charge in [0.25, 0.3) is 0 Å². The maximum atomic E-state index is 14.9. The van der Waals surface area contributed by atoms with Crippen molar-refractivity contribution in [1.82, 2.24) is 15.5 Å². The molecule has 0 aromatic heterocycles. The van der Waals surface area contributed by atoms with Crippen molar-refractivity contribution in [2.45, 2.75) is 131 Å². The van der Waals surface area contributed by atoms with Gasteiger partial charge in [-0.3, -0.25) is 9.59 Å². The van der Waals surface area contributed by atoms with Gasteiger partial charge >= 0.3 is 6.09 Å². The minimum Gasteiger partial charge on any atom is -0.444 e. The normalized spacial score (nSPS) is 14.4. The molecule has 4 unspecified atom stereocenters. The van der Waals surface area contributed by atoms with Gasteiger partial charge in [0, 0.05) is 18.5 Å². The van der Waals surface area contributed by atoms with Crippen LogP contribution in [0.2, 0.25) is 0 Å². The molecule has 0 spiro atoms. The Morgan fingerprint density at radius 1 is 0.837 bits per heavy atom. The first-order chi connectivity index (χ1) is 20.1. The largest absolute Gasteiger partial charge is 0.444 e. The molecule has 0 heterocycles. The molecule has 0 radical (unpaired) electrons. The minimum atomic E-state index is -0.938. The maximum absolute atomic E-state index is 14.9. The summed E-state index contributed by atoms with van der Waals surface area (Å²) in [7, 11) is 0. The van der Waals surface area contributed by atoms with Crippen LogP contribution in [-0.4, -0.2) is 46.5 Å². The van der Waals surface area contributed by atoms with E-state index < -0.39 is 23.8 Å². The lowest BCUT2D eigenvalue weighted by molar-refractivity contribution is -0.145. The summed E-state index contributed by atoms with van der Waals surface area (Å²) in [6.45, 7) is 19.8. The fourth-order valence-electron chi connectivity index (χ4n) is 5.47. The fourth-order valence-corrected chi connectivity index (χ4v) is 5.47. The molecule has 238 valence electrons. The number of carbonyl (C=O) groups is 3. The highest BCUT2D eigenvalue weighted by molar-refractivity contribution is 5.93. The Morgan fingerprint density at radius 3 is 1.98 bits per heavy atom. The Kier molecular flexibility index (Phi) is 13.7. The summed E-state index contributed by atoms with van der Waals surface area (Å²) in [6.07, 6.45) is 2.97. The van der Waals surface area contributed by atoms with E-state index in [0.717, 1.165) is 41.5 Å². The third kappa shape index (κ3) is 11.3. The topological polar surface area (TPSA) is 87.7 Å². The lowest BCUT2D eigenvalue weighted by Crippen LogP contribution is -2.57. The standard InChI is InChI=1S/C36H55N3O4/c1-11-16-27(6)37-33(40)32(31-25(4)17-15-18-26(31)5)39(28(7)22-21-24(2)3)34(41)30(23-29-19-13-12-14-20-29)38-35(42)43-36(8,9)10/h12-15,17-20,24,27-28,30,32H,11,16,21-23H2,1-10H3,(H,37,40)(H,38,42). The Morgan fingerprint density at radius 2 is 1.44 bits per heavy atom. The van der Waals surface area contributed by atoms with Crippen molar-refractivity contribution in [1.29, 1.82) is 0 Å². The number of ether oxygens (including phenoxy) is 1. The fraction of sp³-hybridized carbons (Fsp3) is 0.583. The molecule has 0 aliphatic rings. The van der Waals surface area contributed by atoms with Gasteiger partial charge in [-0.05, 0) is 95.9 Å². The number of carbonyl (C=O) groups excluding carboxylic acids is 3. The smallest absolute Gasteiger partial charge is 0.408 e. The van der Waals surface area contributed by atoms with Crippen molar-refractivity contribution in [3.63, 3.8) is 0 Å². The van der Waals surface area contributed by atoms with E-state index in [1.807, 2.05) is 76.2 Å². The number of hydrogen-bond donors (Lipinski definition) is 2. The van der Waals surface area contributed by atoms with E-state index in [4.69, 9.17) is 4.74 Å². The average Bonchev–Trinajstić information content (AvgIpc) is 2.90. The second kappa shape index (κ2) is 16.5. The third-order valence-corrected chi connectivity index (χ3v) is 7.62. The summed E-state index contributed by atoms with van der Waals surface area (Å²) in [4.78, 5) is 44.0. The van der Waals surface area contributed by atoms with Crippen molar-refractivity contribution in [3.8, 4) is 0 Å². The van der Waals surface area contributed by atoms with Gasteiger partial charge in [-0.2, -0.15) is 0 Å². The van der Waals surface area contributed by atoms with Crippen LogP contribution >= 0.6 is 0 Å². The summed E-state index contributed by atoms with van der Waals surface area (Å²) < 4.78 is 5.59. The van der Waals surface area contributed by atoms with Crippen LogP contribution in [0, 0.1) is 19.8 Å². The van der Waals surface area contributed by atoms with Crippen LogP contribution in [0.5, 0.6) is 0 Å². The molecule has 7 heteroatoms. The van der Waals surface area contributed by atoms with Gasteiger partial charge in [0.05, 0.1) is 0 Å². The zero-order valence-electron chi connectivity index (χ0n) is 28.1. The minimum absolute atomic E-state index is 0.0488. The first kappa shape index (κ1) is 35.8. The number of nitrogens with zero attached hydrogens (tertiary/aromatic N) is 1. The van der Waals surface area contributed by atoms with E-state index in [1.54, 1.807) is 25.7 Å². The Balaban J connectivity index is 2.71. The molecule has 2 N–H and O–H groups in total. The van der Waals surface area contributed by atoms with Crippen molar-refractivity contribution >= 4 is 17.9 Å². The summed E-state index contributed by atoms with van der Waals surface area (Å²) >= 11 is 0. The highest BCUT2D eigenvalue weighted by atomic mass is 16.6. The Bertz CT molecular complexity index is 1170. The SMILES string of the molecule is CCCC(C)NC(=O)C(c1c(C)cccc1C)N(C(=O)C(Cc1ccccc1)NC(=O)OC(C)(C)C)C(C)CCC(C)C. The van der Waals surface area contributed by atoms with Crippen molar-refractivity contribution in [2.75, 3.05) is 0 Å². The van der Waals surface area contributed by atoms with Gasteiger partial charge < -0.3 is 20.3 Å². The van der Waals surface area contributed by atoms with Crippen molar-refractivity contribution < 1.29 is 19.1 Å². The van der Waals surface area contributed by atoms with Crippen LogP contribution in [0.15, 0.2) is 48.5 Å². The molecule has 0 aliphatic heterocycles. The molecule has 0 fully saturated rings. The van der Waals surface area contributed by atoms with Crippen LogP contribution in [0.3, 0.4) is 0 Å². The Hall–Kier alpha value is -3.35. The number of hydrogen-bond acceptors (Lipinski definition) is 4. The first-order valence-electron chi connectivity index (χ1n) is 15.9. The quantitative estimate of drug-likeness (QED) is 0.238. The average molecular weight is 594 g/mol. The monoisotopic (exact) mass is 593 g/mol. The molecule has 0 aliphatic carbocycles. The van der Waals surface area contributed by atoms with Gasteiger partial charge in [-0.25, -0.2) is 4.79 Å². The van der Waals surface area contributed by atoms with Crippen molar-refractivity contribution in [2.24, 2.45) is 5.92 Å². The van der Waals surface area contributed by atoms with Crippen molar-refractivity contribution in [3.05, 3.63) is 70.8 Å². The number of aryl methyl sites for hydroxylation is 2. The number of rotatable bonds is 14. The van der Waals surface area contributed by atoms with Gasteiger partial charge in [0.2, 0.25) is 11.8 Å². The lowest BCUT2D eigenvalue weighted by Gasteiger charge is -2.40. The van der Waals surface area contributed by atoms with E-state index in [-0.39, 0.29) is 30.3 Å². The van der Waals surface area contributed by atoms with Crippen LogP contribution < -0.4 is 10.6 Å². The van der Waals surface area contributed by atoms with Crippen LogP contribution in [0.25, 0.3) is 0 Å². The summed E-state index contributed by atoms with van der Waals surface area (Å²) in [5.41, 5.74) is 2.87. The van der Waals surface area contributed by atoms with E-state index >= 15 is 0 Å². The highest BCUT2D eigenvalue weighted by Crippen LogP contribution is 2.32.